The molecule has 0 bridgehead atoms. The van der Waals surface area contributed by atoms with Crippen molar-refractivity contribution in [3.05, 3.63) is 54.5 Å². The molecule has 0 radical (unpaired) electrons. The predicted molar refractivity (Wildman–Crippen MR) is 84.6 cm³/mol. The molecule has 0 saturated heterocycles. The van der Waals surface area contributed by atoms with Gasteiger partial charge in [0.2, 0.25) is 0 Å². The highest BCUT2D eigenvalue weighted by atomic mass is 127. The molecule has 0 aliphatic heterocycles. The highest BCUT2D eigenvalue weighted by Crippen LogP contribution is 2.42. The first kappa shape index (κ1) is 16.2. The second-order valence-electron chi connectivity index (χ2n) is 3.91. The Morgan fingerprint density at radius 2 is 1.50 bits per heavy atom. The van der Waals surface area contributed by atoms with Crippen molar-refractivity contribution in [1.82, 2.24) is 0 Å². The highest BCUT2D eigenvalue weighted by Gasteiger charge is 2.34. The van der Waals surface area contributed by atoms with E-state index in [0.717, 1.165) is 6.07 Å². The van der Waals surface area contributed by atoms with Crippen molar-refractivity contribution in [3.63, 3.8) is 0 Å². The quantitative estimate of drug-likeness (QED) is 0.412. The molecular formula is C13H5Cl3F3I. The standard InChI is InChI=1S/C13H5Cl3F3I/c14-6-4-9(15)11(10(16)5-6)7-2-1-3-8(12(7)20)13(17,18)19/h1-5H. The van der Waals surface area contributed by atoms with Crippen LogP contribution in [0.1, 0.15) is 5.56 Å². The maximum atomic E-state index is 12.9. The summed E-state index contributed by atoms with van der Waals surface area (Å²) in [6.07, 6.45) is -4.43. The molecule has 106 valence electrons. The molecule has 0 nitrogen and oxygen atoms in total. The summed E-state index contributed by atoms with van der Waals surface area (Å²) in [5.41, 5.74) is -0.0574. The van der Waals surface area contributed by atoms with Gasteiger partial charge in [-0.15, -0.1) is 0 Å². The summed E-state index contributed by atoms with van der Waals surface area (Å²) >= 11 is 19.6. The van der Waals surface area contributed by atoms with Gasteiger partial charge in [0.25, 0.3) is 0 Å². The van der Waals surface area contributed by atoms with Gasteiger partial charge in [-0.3, -0.25) is 0 Å². The average molecular weight is 451 g/mol. The van der Waals surface area contributed by atoms with Gasteiger partial charge in [0.05, 0.1) is 15.6 Å². The lowest BCUT2D eigenvalue weighted by Crippen LogP contribution is -2.08. The zero-order valence-corrected chi connectivity index (χ0v) is 14.0. The van der Waals surface area contributed by atoms with Gasteiger partial charge in [0.1, 0.15) is 0 Å². The van der Waals surface area contributed by atoms with Gasteiger partial charge in [-0.25, -0.2) is 0 Å². The number of alkyl halides is 3. The lowest BCUT2D eigenvalue weighted by molar-refractivity contribution is -0.138. The van der Waals surface area contributed by atoms with Crippen LogP contribution in [-0.4, -0.2) is 0 Å². The molecule has 0 unspecified atom stereocenters. The molecule has 0 fully saturated rings. The van der Waals surface area contributed by atoms with Crippen LogP contribution in [0.4, 0.5) is 13.2 Å². The molecule has 2 aromatic carbocycles. The molecule has 20 heavy (non-hydrogen) atoms. The lowest BCUT2D eigenvalue weighted by atomic mass is 10.0. The minimum atomic E-state index is -4.43. The van der Waals surface area contributed by atoms with Gasteiger partial charge in [-0.2, -0.15) is 13.2 Å². The van der Waals surface area contributed by atoms with E-state index in [1.807, 2.05) is 0 Å². The molecule has 7 heteroatoms. The largest absolute Gasteiger partial charge is 0.417 e. The Labute approximate surface area is 142 Å². The molecule has 2 rings (SSSR count). The molecule has 0 atom stereocenters. The molecule has 0 spiro atoms. The van der Waals surface area contributed by atoms with Crippen LogP contribution in [0.25, 0.3) is 11.1 Å². The van der Waals surface area contributed by atoms with Crippen molar-refractivity contribution >= 4 is 57.4 Å². The Hall–Kier alpha value is -0.170. The summed E-state index contributed by atoms with van der Waals surface area (Å²) < 4.78 is 38.8. The third-order valence-electron chi connectivity index (χ3n) is 2.58. The minimum Gasteiger partial charge on any atom is -0.166 e. The van der Waals surface area contributed by atoms with E-state index < -0.39 is 11.7 Å². The fourth-order valence-electron chi connectivity index (χ4n) is 1.74. The molecule has 0 aliphatic rings. The van der Waals surface area contributed by atoms with E-state index in [0.29, 0.717) is 16.1 Å². The molecular weight excluding hydrogens is 446 g/mol. The van der Waals surface area contributed by atoms with Crippen LogP contribution in [0.5, 0.6) is 0 Å². The first-order valence-corrected chi connectivity index (χ1v) is 7.43. The molecule has 0 aromatic heterocycles. The summed E-state index contributed by atoms with van der Waals surface area (Å²) in [5, 5.41) is 0.741. The van der Waals surface area contributed by atoms with E-state index in [2.05, 4.69) is 0 Å². The lowest BCUT2D eigenvalue weighted by Gasteiger charge is -2.15. The van der Waals surface area contributed by atoms with Gasteiger partial charge < -0.3 is 0 Å². The third kappa shape index (κ3) is 3.18. The Balaban J connectivity index is 2.72. The van der Waals surface area contributed by atoms with Crippen LogP contribution < -0.4 is 0 Å². The van der Waals surface area contributed by atoms with E-state index in [1.165, 1.54) is 24.3 Å². The topological polar surface area (TPSA) is 0 Å². The van der Waals surface area contributed by atoms with Crippen molar-refractivity contribution in [3.8, 4) is 11.1 Å². The summed E-state index contributed by atoms with van der Waals surface area (Å²) in [4.78, 5) is 0. The van der Waals surface area contributed by atoms with Crippen LogP contribution in [0.15, 0.2) is 30.3 Å². The summed E-state index contributed by atoms with van der Waals surface area (Å²) in [6, 6.07) is 6.77. The van der Waals surface area contributed by atoms with E-state index >= 15 is 0 Å². The average Bonchev–Trinajstić information content (AvgIpc) is 2.28. The fraction of sp³-hybridized carbons (Fsp3) is 0.0769. The smallest absolute Gasteiger partial charge is 0.166 e. The molecule has 0 amide bonds. The van der Waals surface area contributed by atoms with Crippen molar-refractivity contribution in [2.75, 3.05) is 0 Å². The highest BCUT2D eigenvalue weighted by molar-refractivity contribution is 14.1. The first-order chi connectivity index (χ1) is 9.21. The second kappa shape index (κ2) is 5.91. The molecule has 0 aliphatic carbocycles. The molecule has 0 heterocycles. The second-order valence-corrected chi connectivity index (χ2v) is 6.24. The minimum absolute atomic E-state index is 0.0451. The van der Waals surface area contributed by atoms with Crippen molar-refractivity contribution in [1.29, 1.82) is 0 Å². The monoisotopic (exact) mass is 450 g/mol. The van der Waals surface area contributed by atoms with Gasteiger partial charge in [-0.05, 0) is 46.4 Å². The maximum Gasteiger partial charge on any atom is 0.417 e. The van der Waals surface area contributed by atoms with Crippen LogP contribution >= 0.6 is 57.4 Å². The summed E-state index contributed by atoms with van der Waals surface area (Å²) in [7, 11) is 0. The van der Waals surface area contributed by atoms with Crippen LogP contribution in [0.3, 0.4) is 0 Å². The fourth-order valence-corrected chi connectivity index (χ4v) is 3.70. The van der Waals surface area contributed by atoms with E-state index in [-0.39, 0.29) is 13.6 Å². The van der Waals surface area contributed by atoms with Gasteiger partial charge in [0, 0.05) is 14.2 Å². The number of hydrogen-bond acceptors (Lipinski definition) is 0. The Kier molecular flexibility index (Phi) is 4.79. The zero-order valence-electron chi connectivity index (χ0n) is 9.53. The van der Waals surface area contributed by atoms with Crippen LogP contribution in [0, 0.1) is 3.57 Å². The molecule has 0 saturated carbocycles. The van der Waals surface area contributed by atoms with Gasteiger partial charge in [0.15, 0.2) is 0 Å². The third-order valence-corrected chi connectivity index (χ3v) is 4.56. The van der Waals surface area contributed by atoms with Crippen molar-refractivity contribution in [2.45, 2.75) is 6.18 Å². The number of halogens is 7. The summed E-state index contributed by atoms with van der Waals surface area (Å²) in [5.74, 6) is 0. The number of benzene rings is 2. The Morgan fingerprint density at radius 1 is 0.950 bits per heavy atom. The van der Waals surface area contributed by atoms with Crippen LogP contribution in [0.2, 0.25) is 15.1 Å². The Morgan fingerprint density at radius 3 is 2.00 bits per heavy atom. The van der Waals surface area contributed by atoms with Crippen LogP contribution in [-0.2, 0) is 6.18 Å². The van der Waals surface area contributed by atoms with E-state index in [9.17, 15) is 13.2 Å². The summed E-state index contributed by atoms with van der Waals surface area (Å²) in [6.45, 7) is 0. The van der Waals surface area contributed by atoms with Gasteiger partial charge in [-0.1, -0.05) is 46.9 Å². The number of rotatable bonds is 1. The molecule has 0 N–H and O–H groups in total. The normalized spacial score (nSPS) is 11.8. The number of hydrogen-bond donors (Lipinski definition) is 0. The Bertz CT molecular complexity index is 645. The van der Waals surface area contributed by atoms with E-state index in [1.54, 1.807) is 22.6 Å². The SMILES string of the molecule is FC(F)(F)c1cccc(-c2c(Cl)cc(Cl)cc2Cl)c1I. The maximum absolute atomic E-state index is 12.9. The first-order valence-electron chi connectivity index (χ1n) is 5.22. The molecule has 2 aromatic rings. The predicted octanol–water partition coefficient (Wildman–Crippen LogP) is 6.94. The van der Waals surface area contributed by atoms with Crippen molar-refractivity contribution in [2.24, 2.45) is 0 Å². The van der Waals surface area contributed by atoms with Gasteiger partial charge >= 0.3 is 6.18 Å². The van der Waals surface area contributed by atoms with E-state index in [4.69, 9.17) is 34.8 Å². The zero-order chi connectivity index (χ0) is 15.1. The van der Waals surface area contributed by atoms with Crippen molar-refractivity contribution < 1.29 is 13.2 Å².